The van der Waals surface area contributed by atoms with E-state index in [1.165, 1.54) is 19.3 Å². The predicted molar refractivity (Wildman–Crippen MR) is 129 cm³/mol. The number of aromatic nitrogens is 2. The Bertz CT molecular complexity index is 1230. The minimum absolute atomic E-state index is 0.103. The number of benzene rings is 1. The summed E-state index contributed by atoms with van der Waals surface area (Å²) < 4.78 is 3.10. The van der Waals surface area contributed by atoms with Crippen LogP contribution in [0.4, 0.5) is 5.69 Å². The van der Waals surface area contributed by atoms with Gasteiger partial charge in [0.15, 0.2) is 11.4 Å². The lowest BCUT2D eigenvalue weighted by Gasteiger charge is -2.30. The lowest BCUT2D eigenvalue weighted by Crippen LogP contribution is -2.28. The summed E-state index contributed by atoms with van der Waals surface area (Å²) in [4.78, 5) is 30.1. The Kier molecular flexibility index (Phi) is 5.12. The first-order chi connectivity index (χ1) is 15.2. The fourth-order valence-electron chi connectivity index (χ4n) is 5.35. The van der Waals surface area contributed by atoms with E-state index < -0.39 is 5.91 Å². The zero-order valence-electron chi connectivity index (χ0n) is 19.0. The van der Waals surface area contributed by atoms with Gasteiger partial charge >= 0.3 is 0 Å². The van der Waals surface area contributed by atoms with Gasteiger partial charge in [-0.1, -0.05) is 33.1 Å². The van der Waals surface area contributed by atoms with E-state index in [2.05, 4.69) is 23.7 Å². The van der Waals surface area contributed by atoms with Crippen molar-refractivity contribution in [1.29, 1.82) is 0 Å². The normalized spacial score (nSPS) is 18.7. The highest BCUT2D eigenvalue weighted by Crippen LogP contribution is 2.43. The molecule has 0 aliphatic heterocycles. The molecule has 1 saturated carbocycles. The number of carbonyl (C=O) groups excluding carboxylic acids is 2. The van der Waals surface area contributed by atoms with Crippen molar-refractivity contribution in [3.05, 3.63) is 40.0 Å². The van der Waals surface area contributed by atoms with E-state index in [0.717, 1.165) is 57.2 Å². The summed E-state index contributed by atoms with van der Waals surface area (Å²) in [5, 5.41) is 4.54. The summed E-state index contributed by atoms with van der Waals surface area (Å²) in [7, 11) is 0. The molecule has 1 fully saturated rings. The third-order valence-corrected chi connectivity index (χ3v) is 7.75. The molecule has 0 saturated heterocycles. The maximum atomic E-state index is 13.1. The molecular weight excluding hydrogens is 420 g/mol. The Morgan fingerprint density at radius 2 is 1.97 bits per heavy atom. The molecule has 6 nitrogen and oxygen atoms in total. The summed E-state index contributed by atoms with van der Waals surface area (Å²) in [5.41, 5.74) is 10.5. The Balaban J connectivity index is 1.68. The van der Waals surface area contributed by atoms with Crippen molar-refractivity contribution in [1.82, 2.24) is 9.55 Å². The summed E-state index contributed by atoms with van der Waals surface area (Å²) in [6, 6.07) is 6.08. The number of ketones is 1. The van der Waals surface area contributed by atoms with E-state index in [1.54, 1.807) is 17.4 Å². The zero-order valence-corrected chi connectivity index (χ0v) is 19.8. The third-order valence-electron chi connectivity index (χ3n) is 6.77. The summed E-state index contributed by atoms with van der Waals surface area (Å²) >= 11 is 1.58. The number of amides is 1. The van der Waals surface area contributed by atoms with Crippen LogP contribution in [0, 0.1) is 12.3 Å². The van der Waals surface area contributed by atoms with Crippen molar-refractivity contribution in [3.8, 4) is 5.69 Å². The summed E-state index contributed by atoms with van der Waals surface area (Å²) in [6.45, 7) is 6.26. The number of fused-ring (bicyclic) bond motifs is 3. The van der Waals surface area contributed by atoms with Crippen molar-refractivity contribution in [2.45, 2.75) is 71.8 Å². The van der Waals surface area contributed by atoms with Gasteiger partial charge in [0.1, 0.15) is 0 Å². The second-order valence-electron chi connectivity index (χ2n) is 10.1. The van der Waals surface area contributed by atoms with E-state index in [1.807, 2.05) is 19.1 Å². The number of nitrogens with two attached hydrogens (primary N) is 1. The highest BCUT2D eigenvalue weighted by atomic mass is 32.1. The van der Waals surface area contributed by atoms with Gasteiger partial charge in [-0.25, -0.2) is 4.98 Å². The molecule has 5 rings (SSSR count). The molecule has 2 aliphatic rings. The van der Waals surface area contributed by atoms with Gasteiger partial charge in [-0.15, -0.1) is 11.3 Å². The largest absolute Gasteiger partial charge is 0.382 e. The predicted octanol–water partition coefficient (Wildman–Crippen LogP) is 5.39. The molecule has 0 atom stereocenters. The number of primary amides is 1. The van der Waals surface area contributed by atoms with Crippen molar-refractivity contribution < 1.29 is 9.59 Å². The quantitative estimate of drug-likeness (QED) is 0.557. The Labute approximate surface area is 192 Å². The molecule has 1 aromatic carbocycles. The molecule has 0 spiro atoms. The van der Waals surface area contributed by atoms with Gasteiger partial charge in [-0.2, -0.15) is 0 Å². The molecule has 2 heterocycles. The van der Waals surface area contributed by atoms with Crippen LogP contribution >= 0.6 is 11.3 Å². The maximum absolute atomic E-state index is 13.1. The van der Waals surface area contributed by atoms with Gasteiger partial charge in [0.25, 0.3) is 5.91 Å². The molecule has 0 unspecified atom stereocenters. The minimum Gasteiger partial charge on any atom is -0.382 e. The lowest BCUT2D eigenvalue weighted by atomic mass is 9.76. The number of nitrogens with one attached hydrogen (secondary N) is 1. The number of nitrogens with zero attached hydrogens (tertiary/aromatic N) is 2. The number of aryl methyl sites for hydroxylation is 1. The molecule has 3 aromatic rings. The van der Waals surface area contributed by atoms with E-state index >= 15 is 0 Å². The van der Waals surface area contributed by atoms with Crippen LogP contribution in [0.3, 0.4) is 0 Å². The van der Waals surface area contributed by atoms with E-state index in [4.69, 9.17) is 10.7 Å². The van der Waals surface area contributed by atoms with Crippen LogP contribution in [0.25, 0.3) is 16.0 Å². The Morgan fingerprint density at radius 3 is 2.69 bits per heavy atom. The van der Waals surface area contributed by atoms with Crippen LogP contribution in [-0.2, 0) is 6.42 Å². The fraction of sp³-hybridized carbons (Fsp3) is 0.480. The zero-order chi connectivity index (χ0) is 22.6. The van der Waals surface area contributed by atoms with Crippen LogP contribution in [-0.4, -0.2) is 27.3 Å². The molecule has 1 amide bonds. The second-order valence-corrected chi connectivity index (χ2v) is 11.3. The standard InChI is InChI=1S/C25H30N4O2S/c1-14-27-24-22(32-14)21-19(12-25(2,3)13-20(21)30)29(24)16-9-10-17(23(26)31)18(11-16)28-15-7-5-4-6-8-15/h9-11,15,28H,4-8,12-13H2,1-3H3,(H2,26,31). The van der Waals surface area contributed by atoms with E-state index in [0.29, 0.717) is 18.0 Å². The Hall–Kier alpha value is -2.67. The first kappa shape index (κ1) is 21.2. The number of rotatable bonds is 4. The SMILES string of the molecule is Cc1nc2c(s1)c1c(n2-c2ccc(C(N)=O)c(NC3CCCCC3)c2)CC(C)(C)CC1=O. The van der Waals surface area contributed by atoms with Crippen LogP contribution in [0.2, 0.25) is 0 Å². The number of anilines is 1. The minimum atomic E-state index is -0.435. The monoisotopic (exact) mass is 450 g/mol. The number of thiazole rings is 1. The average molecular weight is 451 g/mol. The van der Waals surface area contributed by atoms with Gasteiger partial charge in [-0.3, -0.25) is 14.2 Å². The van der Waals surface area contributed by atoms with Gasteiger partial charge in [0.05, 0.1) is 20.8 Å². The van der Waals surface area contributed by atoms with Crippen molar-refractivity contribution in [3.63, 3.8) is 0 Å². The average Bonchev–Trinajstić information content (AvgIpc) is 3.21. The number of Topliss-reactive ketones (excluding diaryl/α,β-unsaturated/α-hetero) is 1. The number of hydrogen-bond acceptors (Lipinski definition) is 5. The molecule has 3 N–H and O–H groups in total. The van der Waals surface area contributed by atoms with Crippen molar-refractivity contribution in [2.75, 3.05) is 5.32 Å². The van der Waals surface area contributed by atoms with Crippen LogP contribution < -0.4 is 11.1 Å². The fourth-order valence-corrected chi connectivity index (χ4v) is 6.33. The van der Waals surface area contributed by atoms with Gasteiger partial charge in [0.2, 0.25) is 0 Å². The highest BCUT2D eigenvalue weighted by Gasteiger charge is 2.37. The number of hydrogen-bond donors (Lipinski definition) is 2. The smallest absolute Gasteiger partial charge is 0.250 e. The maximum Gasteiger partial charge on any atom is 0.250 e. The lowest BCUT2D eigenvalue weighted by molar-refractivity contribution is 0.0912. The summed E-state index contributed by atoms with van der Waals surface area (Å²) in [6.07, 6.45) is 7.21. The topological polar surface area (TPSA) is 90.0 Å². The van der Waals surface area contributed by atoms with Crippen molar-refractivity contribution >= 4 is 39.1 Å². The molecular formula is C25H30N4O2S. The molecule has 0 bridgehead atoms. The van der Waals surface area contributed by atoms with Crippen LogP contribution in [0.5, 0.6) is 0 Å². The second kappa shape index (κ2) is 7.73. The first-order valence-electron chi connectivity index (χ1n) is 11.5. The van der Waals surface area contributed by atoms with Gasteiger partial charge < -0.3 is 11.1 Å². The summed E-state index contributed by atoms with van der Waals surface area (Å²) in [5.74, 6) is -0.242. The van der Waals surface area contributed by atoms with Gasteiger partial charge in [-0.05, 0) is 49.8 Å². The highest BCUT2D eigenvalue weighted by molar-refractivity contribution is 7.19. The van der Waals surface area contributed by atoms with Crippen molar-refractivity contribution in [2.24, 2.45) is 11.1 Å². The third kappa shape index (κ3) is 3.62. The molecule has 0 radical (unpaired) electrons. The van der Waals surface area contributed by atoms with E-state index in [9.17, 15) is 9.59 Å². The van der Waals surface area contributed by atoms with Gasteiger partial charge in [0, 0.05) is 29.5 Å². The number of carbonyl (C=O) groups is 2. The molecule has 168 valence electrons. The molecule has 2 aliphatic carbocycles. The van der Waals surface area contributed by atoms with Crippen LogP contribution in [0.15, 0.2) is 18.2 Å². The van der Waals surface area contributed by atoms with E-state index in [-0.39, 0.29) is 11.2 Å². The molecule has 7 heteroatoms. The Morgan fingerprint density at radius 1 is 1.22 bits per heavy atom. The molecule has 2 aromatic heterocycles. The first-order valence-corrected chi connectivity index (χ1v) is 12.3. The van der Waals surface area contributed by atoms with Crippen LogP contribution in [0.1, 0.15) is 83.8 Å². The molecule has 32 heavy (non-hydrogen) atoms.